The van der Waals surface area contributed by atoms with E-state index in [0.717, 1.165) is 17.1 Å². The Kier molecular flexibility index (Phi) is 3.78. The first-order valence-corrected chi connectivity index (χ1v) is 8.81. The first kappa shape index (κ1) is 14.6. The number of sulfonamides is 1. The molecule has 6 nitrogen and oxygen atoms in total. The van der Waals surface area contributed by atoms with E-state index >= 15 is 0 Å². The molecule has 8 heteroatoms. The summed E-state index contributed by atoms with van der Waals surface area (Å²) < 4.78 is 35.0. The SMILES string of the molecule is C[N+]1(S(=O)(=O)c2nc(-c3ccccc3)ns2)CCOCC1. The predicted octanol–water partition coefficient (Wildman–Crippen LogP) is 1.37. The molecule has 0 aliphatic carbocycles. The average Bonchev–Trinajstić information content (AvgIpc) is 2.99. The van der Waals surface area contributed by atoms with Crippen LogP contribution in [-0.2, 0) is 14.8 Å². The third kappa shape index (κ3) is 2.59. The molecule has 1 aliphatic rings. The molecular formula is C13H16N3O3S2+. The van der Waals surface area contributed by atoms with Crippen molar-refractivity contribution >= 4 is 21.6 Å². The number of hydrogen-bond acceptors (Lipinski definition) is 6. The standard InChI is InChI=1S/C13H16N3O3S2/c1-16(7-9-19-10-8-16)21(17,18)13-14-12(15-20-13)11-5-3-2-4-6-11/h2-6H,7-10H2,1H3/q+1. The summed E-state index contributed by atoms with van der Waals surface area (Å²) in [6.07, 6.45) is 0. The van der Waals surface area contributed by atoms with Gasteiger partial charge in [-0.25, -0.2) is 3.89 Å². The van der Waals surface area contributed by atoms with Crippen LogP contribution in [0.15, 0.2) is 34.7 Å². The topological polar surface area (TPSA) is 69.2 Å². The second kappa shape index (κ2) is 5.45. The second-order valence-corrected chi connectivity index (χ2v) is 8.31. The van der Waals surface area contributed by atoms with E-state index in [1.165, 1.54) is 0 Å². The van der Waals surface area contributed by atoms with Crippen molar-refractivity contribution in [3.8, 4) is 11.4 Å². The molecule has 3 rings (SSSR count). The number of morpholine rings is 1. The predicted molar refractivity (Wildman–Crippen MR) is 79.3 cm³/mol. The summed E-state index contributed by atoms with van der Waals surface area (Å²) in [5.41, 5.74) is 0.819. The molecule has 0 unspecified atom stereocenters. The van der Waals surface area contributed by atoms with Crippen LogP contribution in [-0.4, -0.2) is 55.0 Å². The molecule has 0 saturated carbocycles. The lowest BCUT2D eigenvalue weighted by Gasteiger charge is -2.34. The second-order valence-electron chi connectivity index (χ2n) is 5.08. The van der Waals surface area contributed by atoms with Gasteiger partial charge < -0.3 is 4.74 Å². The average molecular weight is 326 g/mol. The van der Waals surface area contributed by atoms with Crippen LogP contribution in [0, 0.1) is 0 Å². The molecule has 2 heterocycles. The summed E-state index contributed by atoms with van der Waals surface area (Å²) in [6.45, 7) is 1.76. The highest BCUT2D eigenvalue weighted by molar-refractivity contribution is 7.87. The number of benzene rings is 1. The van der Waals surface area contributed by atoms with E-state index in [1.807, 2.05) is 30.3 Å². The quantitative estimate of drug-likeness (QED) is 0.797. The Morgan fingerprint density at radius 3 is 2.52 bits per heavy atom. The summed E-state index contributed by atoms with van der Waals surface area (Å²) >= 11 is 0.938. The highest BCUT2D eigenvalue weighted by atomic mass is 32.2. The molecule has 21 heavy (non-hydrogen) atoms. The summed E-state index contributed by atoms with van der Waals surface area (Å²) in [7, 11) is -1.84. The van der Waals surface area contributed by atoms with Gasteiger partial charge in [-0.3, -0.25) is 0 Å². The Morgan fingerprint density at radius 1 is 1.19 bits per heavy atom. The number of hydrogen-bond donors (Lipinski definition) is 0. The Bertz CT molecular complexity index is 722. The van der Waals surface area contributed by atoms with Crippen LogP contribution in [0.4, 0.5) is 0 Å². The van der Waals surface area contributed by atoms with Gasteiger partial charge in [-0.1, -0.05) is 30.3 Å². The maximum absolute atomic E-state index is 12.8. The van der Waals surface area contributed by atoms with Crippen LogP contribution in [0.1, 0.15) is 0 Å². The van der Waals surface area contributed by atoms with Gasteiger partial charge in [-0.2, -0.15) is 17.8 Å². The van der Waals surface area contributed by atoms with Gasteiger partial charge >= 0.3 is 10.0 Å². The minimum Gasteiger partial charge on any atom is -0.370 e. The first-order valence-electron chi connectivity index (χ1n) is 6.60. The molecule has 0 bridgehead atoms. The van der Waals surface area contributed by atoms with Crippen LogP contribution >= 0.6 is 11.5 Å². The third-order valence-corrected chi connectivity index (χ3v) is 7.08. The molecule has 1 saturated heterocycles. The monoisotopic (exact) mass is 326 g/mol. The summed E-state index contributed by atoms with van der Waals surface area (Å²) in [6, 6.07) is 9.38. The smallest absolute Gasteiger partial charge is 0.356 e. The number of ether oxygens (including phenoxy) is 1. The summed E-state index contributed by atoms with van der Waals surface area (Å²) in [5.74, 6) is 0.457. The van der Waals surface area contributed by atoms with E-state index in [0.29, 0.717) is 32.1 Å². The fraction of sp³-hybridized carbons (Fsp3) is 0.385. The van der Waals surface area contributed by atoms with Crippen molar-refractivity contribution < 1.29 is 17.0 Å². The van der Waals surface area contributed by atoms with Crippen molar-refractivity contribution in [3.63, 3.8) is 0 Å². The molecule has 1 aromatic heterocycles. The maximum Gasteiger partial charge on any atom is 0.356 e. The normalized spacial score (nSPS) is 18.5. The zero-order valence-electron chi connectivity index (χ0n) is 11.6. The third-order valence-electron chi connectivity index (χ3n) is 3.66. The van der Waals surface area contributed by atoms with Crippen molar-refractivity contribution in [2.75, 3.05) is 33.4 Å². The number of quaternary nitrogens is 1. The van der Waals surface area contributed by atoms with E-state index in [9.17, 15) is 8.42 Å². The highest BCUT2D eigenvalue weighted by Crippen LogP contribution is 2.27. The van der Waals surface area contributed by atoms with Crippen molar-refractivity contribution in [2.24, 2.45) is 0 Å². The Hall–Kier alpha value is -1.35. The molecule has 0 atom stereocenters. The highest BCUT2D eigenvalue weighted by Gasteiger charge is 2.43. The van der Waals surface area contributed by atoms with Crippen molar-refractivity contribution in [3.05, 3.63) is 30.3 Å². The van der Waals surface area contributed by atoms with Crippen LogP contribution in [0.2, 0.25) is 0 Å². The minimum atomic E-state index is -3.55. The van der Waals surface area contributed by atoms with E-state index in [-0.39, 0.29) is 8.23 Å². The van der Waals surface area contributed by atoms with Crippen molar-refractivity contribution in [1.82, 2.24) is 9.36 Å². The number of rotatable bonds is 3. The van der Waals surface area contributed by atoms with Gasteiger partial charge in [0.2, 0.25) is 0 Å². The van der Waals surface area contributed by atoms with E-state index < -0.39 is 10.0 Å². The minimum absolute atomic E-state index is 0.0730. The molecule has 0 spiro atoms. The van der Waals surface area contributed by atoms with Crippen molar-refractivity contribution in [1.29, 1.82) is 0 Å². The van der Waals surface area contributed by atoms with Gasteiger partial charge in [0.15, 0.2) is 5.82 Å². The van der Waals surface area contributed by atoms with Gasteiger partial charge in [-0.15, -0.1) is 0 Å². The Balaban J connectivity index is 1.95. The van der Waals surface area contributed by atoms with Gasteiger partial charge in [0.05, 0.1) is 20.3 Å². The lowest BCUT2D eigenvalue weighted by atomic mass is 10.2. The fourth-order valence-corrected chi connectivity index (χ4v) is 4.85. The molecule has 1 aromatic carbocycles. The molecule has 112 valence electrons. The summed E-state index contributed by atoms with van der Waals surface area (Å²) in [5, 5.41) is 0. The Labute approximate surface area is 127 Å². The largest absolute Gasteiger partial charge is 0.370 e. The van der Waals surface area contributed by atoms with E-state index in [4.69, 9.17) is 4.74 Å². The van der Waals surface area contributed by atoms with E-state index in [2.05, 4.69) is 9.36 Å². The van der Waals surface area contributed by atoms with Gasteiger partial charge in [0.25, 0.3) is 4.34 Å². The Morgan fingerprint density at radius 2 is 1.86 bits per heavy atom. The molecule has 2 aromatic rings. The molecule has 0 N–H and O–H groups in total. The van der Waals surface area contributed by atoms with Crippen LogP contribution in [0.25, 0.3) is 11.4 Å². The number of aromatic nitrogens is 2. The van der Waals surface area contributed by atoms with Gasteiger partial charge in [0.1, 0.15) is 13.1 Å². The first-order chi connectivity index (χ1) is 10.0. The number of likely N-dealkylation sites (N-methyl/N-ethyl adjacent to an activating group) is 1. The van der Waals surface area contributed by atoms with Crippen molar-refractivity contribution in [2.45, 2.75) is 4.34 Å². The van der Waals surface area contributed by atoms with Crippen LogP contribution < -0.4 is 0 Å². The molecule has 1 fully saturated rings. The fourth-order valence-electron chi connectivity index (χ4n) is 2.18. The lowest BCUT2D eigenvalue weighted by molar-refractivity contribution is -0.795. The van der Waals surface area contributed by atoms with Gasteiger partial charge in [0, 0.05) is 17.1 Å². The van der Waals surface area contributed by atoms with Crippen LogP contribution in [0.5, 0.6) is 0 Å². The maximum atomic E-state index is 12.8. The molecule has 0 radical (unpaired) electrons. The number of nitrogens with zero attached hydrogens (tertiary/aromatic N) is 3. The van der Waals surface area contributed by atoms with Crippen LogP contribution in [0.3, 0.4) is 0 Å². The molecule has 1 aliphatic heterocycles. The zero-order valence-corrected chi connectivity index (χ0v) is 13.2. The zero-order chi connectivity index (χ0) is 14.9. The molecule has 0 amide bonds. The summed E-state index contributed by atoms with van der Waals surface area (Å²) in [4.78, 5) is 4.24. The van der Waals surface area contributed by atoms with E-state index in [1.54, 1.807) is 7.05 Å². The van der Waals surface area contributed by atoms with Gasteiger partial charge in [-0.05, 0) is 0 Å². The molecular weight excluding hydrogens is 310 g/mol. The lowest BCUT2D eigenvalue weighted by Crippen LogP contribution is -2.55.